The van der Waals surface area contributed by atoms with E-state index < -0.39 is 0 Å². The summed E-state index contributed by atoms with van der Waals surface area (Å²) < 4.78 is 5.99. The molecular formula is C35H29NO3. The van der Waals surface area contributed by atoms with Crippen LogP contribution in [-0.4, -0.2) is 23.4 Å². The SMILES string of the molecule is Oc1ccc(-c2ccc3cc(O)ccc3c2Cc2ccc(OCCNc3ccc4ccccc4c3)cc2)cc1. The van der Waals surface area contributed by atoms with Crippen molar-refractivity contribution in [3.63, 3.8) is 0 Å². The van der Waals surface area contributed by atoms with E-state index in [0.717, 1.165) is 45.3 Å². The fraction of sp³-hybridized carbons (Fsp3) is 0.0857. The first-order valence-electron chi connectivity index (χ1n) is 13.1. The molecule has 0 unspecified atom stereocenters. The number of nitrogens with one attached hydrogen (secondary N) is 1. The Morgan fingerprint density at radius 3 is 2.18 bits per heavy atom. The van der Waals surface area contributed by atoms with Crippen LogP contribution in [0, 0.1) is 0 Å². The molecule has 39 heavy (non-hydrogen) atoms. The topological polar surface area (TPSA) is 61.7 Å². The van der Waals surface area contributed by atoms with Crippen LogP contribution in [0.2, 0.25) is 0 Å². The van der Waals surface area contributed by atoms with Gasteiger partial charge in [0.2, 0.25) is 0 Å². The molecule has 0 heterocycles. The lowest BCUT2D eigenvalue weighted by Crippen LogP contribution is -2.11. The highest BCUT2D eigenvalue weighted by Gasteiger charge is 2.12. The van der Waals surface area contributed by atoms with Crippen LogP contribution in [0.3, 0.4) is 0 Å². The van der Waals surface area contributed by atoms with E-state index in [-0.39, 0.29) is 11.5 Å². The smallest absolute Gasteiger partial charge is 0.119 e. The van der Waals surface area contributed by atoms with Gasteiger partial charge in [0.15, 0.2) is 0 Å². The number of fused-ring (bicyclic) bond motifs is 2. The van der Waals surface area contributed by atoms with Crippen LogP contribution in [0.1, 0.15) is 11.1 Å². The zero-order valence-corrected chi connectivity index (χ0v) is 21.5. The molecule has 6 rings (SSSR count). The number of aromatic hydroxyl groups is 2. The molecule has 4 heteroatoms. The van der Waals surface area contributed by atoms with Crippen molar-refractivity contribution in [2.45, 2.75) is 6.42 Å². The Hall–Kier alpha value is -4.96. The van der Waals surface area contributed by atoms with Crippen LogP contribution < -0.4 is 10.1 Å². The van der Waals surface area contributed by atoms with Crippen molar-refractivity contribution in [1.29, 1.82) is 0 Å². The second kappa shape index (κ2) is 10.8. The van der Waals surface area contributed by atoms with Gasteiger partial charge in [0, 0.05) is 12.2 Å². The van der Waals surface area contributed by atoms with Gasteiger partial charge in [0.25, 0.3) is 0 Å². The Labute approximate surface area is 227 Å². The average molecular weight is 512 g/mol. The molecule has 0 amide bonds. The highest BCUT2D eigenvalue weighted by molar-refractivity contribution is 5.93. The van der Waals surface area contributed by atoms with Gasteiger partial charge >= 0.3 is 0 Å². The molecule has 192 valence electrons. The van der Waals surface area contributed by atoms with Crippen molar-refractivity contribution in [3.05, 3.63) is 132 Å². The molecule has 0 atom stereocenters. The largest absolute Gasteiger partial charge is 0.508 e. The first-order valence-corrected chi connectivity index (χ1v) is 13.1. The van der Waals surface area contributed by atoms with Crippen molar-refractivity contribution in [3.8, 4) is 28.4 Å². The van der Waals surface area contributed by atoms with Crippen LogP contribution in [0.15, 0.2) is 121 Å². The molecule has 0 saturated heterocycles. The maximum absolute atomic E-state index is 10.0. The summed E-state index contributed by atoms with van der Waals surface area (Å²) in [7, 11) is 0. The third-order valence-electron chi connectivity index (χ3n) is 7.05. The molecule has 0 aliphatic carbocycles. The monoisotopic (exact) mass is 511 g/mol. The van der Waals surface area contributed by atoms with E-state index >= 15 is 0 Å². The Morgan fingerprint density at radius 1 is 0.615 bits per heavy atom. The van der Waals surface area contributed by atoms with Crippen molar-refractivity contribution in [2.75, 3.05) is 18.5 Å². The standard InChI is InChI=1S/C35H29NO3/c37-30-12-8-26(9-13-30)33-17-10-28-23-31(38)14-18-34(28)35(33)21-24-5-15-32(16-6-24)39-20-19-36-29-11-7-25-3-1-2-4-27(25)22-29/h1-18,22-23,36-38H,19-21H2. The summed E-state index contributed by atoms with van der Waals surface area (Å²) in [4.78, 5) is 0. The Morgan fingerprint density at radius 2 is 1.36 bits per heavy atom. The van der Waals surface area contributed by atoms with Gasteiger partial charge in [-0.2, -0.15) is 0 Å². The van der Waals surface area contributed by atoms with E-state index in [0.29, 0.717) is 13.2 Å². The van der Waals surface area contributed by atoms with Crippen LogP contribution in [0.5, 0.6) is 17.2 Å². The van der Waals surface area contributed by atoms with E-state index in [9.17, 15) is 10.2 Å². The Balaban J connectivity index is 1.15. The van der Waals surface area contributed by atoms with Crippen molar-refractivity contribution in [1.82, 2.24) is 0 Å². The molecule has 0 aromatic heterocycles. The molecule has 0 aliphatic heterocycles. The fourth-order valence-electron chi connectivity index (χ4n) is 5.05. The van der Waals surface area contributed by atoms with Crippen LogP contribution in [0.4, 0.5) is 5.69 Å². The highest BCUT2D eigenvalue weighted by atomic mass is 16.5. The number of anilines is 1. The first kappa shape index (κ1) is 24.4. The predicted octanol–water partition coefficient (Wildman–Crippen LogP) is 8.15. The minimum Gasteiger partial charge on any atom is -0.508 e. The summed E-state index contributed by atoms with van der Waals surface area (Å²) in [5.74, 6) is 1.33. The van der Waals surface area contributed by atoms with E-state index in [2.05, 4.69) is 66.0 Å². The quantitative estimate of drug-likeness (QED) is 0.180. The Bertz CT molecular complexity index is 1740. The molecule has 0 spiro atoms. The average Bonchev–Trinajstić information content (AvgIpc) is 2.96. The Kier molecular flexibility index (Phi) is 6.75. The second-order valence-corrected chi connectivity index (χ2v) is 9.70. The van der Waals surface area contributed by atoms with Gasteiger partial charge in [-0.05, 0) is 98.8 Å². The van der Waals surface area contributed by atoms with Crippen LogP contribution in [0.25, 0.3) is 32.7 Å². The fourth-order valence-corrected chi connectivity index (χ4v) is 5.05. The third-order valence-corrected chi connectivity index (χ3v) is 7.05. The lowest BCUT2D eigenvalue weighted by Gasteiger charge is -2.15. The lowest BCUT2D eigenvalue weighted by atomic mass is 9.90. The summed E-state index contributed by atoms with van der Waals surface area (Å²) in [6.07, 6.45) is 0.724. The van der Waals surface area contributed by atoms with Gasteiger partial charge in [-0.15, -0.1) is 0 Å². The first-order chi connectivity index (χ1) is 19.1. The number of rotatable bonds is 8. The molecule has 0 fully saturated rings. The molecular weight excluding hydrogens is 482 g/mol. The normalized spacial score (nSPS) is 11.1. The van der Waals surface area contributed by atoms with E-state index in [1.807, 2.05) is 36.4 Å². The second-order valence-electron chi connectivity index (χ2n) is 9.70. The van der Waals surface area contributed by atoms with Gasteiger partial charge in [0.05, 0.1) is 0 Å². The van der Waals surface area contributed by atoms with E-state index in [1.165, 1.54) is 16.3 Å². The number of ether oxygens (including phenoxy) is 1. The zero-order valence-electron chi connectivity index (χ0n) is 21.5. The van der Waals surface area contributed by atoms with Crippen molar-refractivity contribution < 1.29 is 14.9 Å². The maximum atomic E-state index is 10.0. The lowest BCUT2D eigenvalue weighted by molar-refractivity contribution is 0.333. The molecule has 0 radical (unpaired) electrons. The van der Waals surface area contributed by atoms with Crippen LogP contribution >= 0.6 is 0 Å². The summed E-state index contributed by atoms with van der Waals surface area (Å²) in [5, 5.41) is 27.8. The van der Waals surface area contributed by atoms with Gasteiger partial charge in [-0.3, -0.25) is 0 Å². The van der Waals surface area contributed by atoms with E-state index in [1.54, 1.807) is 24.3 Å². The van der Waals surface area contributed by atoms with Gasteiger partial charge in [-0.1, -0.05) is 72.8 Å². The van der Waals surface area contributed by atoms with Gasteiger partial charge in [-0.25, -0.2) is 0 Å². The number of hydrogen-bond donors (Lipinski definition) is 3. The molecule has 6 aromatic rings. The number of hydrogen-bond acceptors (Lipinski definition) is 4. The zero-order chi connectivity index (χ0) is 26.6. The molecule has 3 N–H and O–H groups in total. The highest BCUT2D eigenvalue weighted by Crippen LogP contribution is 2.34. The molecule has 4 nitrogen and oxygen atoms in total. The van der Waals surface area contributed by atoms with Crippen molar-refractivity contribution >= 4 is 27.2 Å². The van der Waals surface area contributed by atoms with Crippen molar-refractivity contribution in [2.24, 2.45) is 0 Å². The van der Waals surface area contributed by atoms with E-state index in [4.69, 9.17) is 4.74 Å². The molecule has 0 bridgehead atoms. The third kappa shape index (κ3) is 5.51. The van der Waals surface area contributed by atoms with Gasteiger partial charge < -0.3 is 20.3 Å². The summed E-state index contributed by atoms with van der Waals surface area (Å²) >= 11 is 0. The molecule has 0 saturated carbocycles. The number of phenols is 2. The minimum absolute atomic E-state index is 0.245. The predicted molar refractivity (Wildman–Crippen MR) is 160 cm³/mol. The number of benzene rings is 6. The minimum atomic E-state index is 0.245. The molecule has 6 aromatic carbocycles. The maximum Gasteiger partial charge on any atom is 0.119 e. The summed E-state index contributed by atoms with van der Waals surface area (Å²) in [6, 6.07) is 39.9. The summed E-state index contributed by atoms with van der Waals surface area (Å²) in [5.41, 5.74) is 5.56. The summed E-state index contributed by atoms with van der Waals surface area (Å²) in [6.45, 7) is 1.27. The van der Waals surface area contributed by atoms with Gasteiger partial charge in [0.1, 0.15) is 23.9 Å². The molecule has 0 aliphatic rings. The number of phenolic OH excluding ortho intramolecular Hbond substituents is 2. The van der Waals surface area contributed by atoms with Crippen LogP contribution in [-0.2, 0) is 6.42 Å².